The molecule has 0 saturated heterocycles. The van der Waals surface area contributed by atoms with Gasteiger partial charge >= 0.3 is 5.97 Å². The molecule has 2 N–H and O–H groups in total. The van der Waals surface area contributed by atoms with Gasteiger partial charge in [0.05, 0.1) is 7.11 Å². The van der Waals surface area contributed by atoms with Crippen molar-refractivity contribution in [3.05, 3.63) is 0 Å². The Morgan fingerprint density at radius 3 is 2.47 bits per heavy atom. The Balaban J connectivity index is 2.26. The highest BCUT2D eigenvalue weighted by Gasteiger charge is 2.25. The average Bonchev–Trinajstić information content (AvgIpc) is 3.08. The molecule has 0 heterocycles. The van der Waals surface area contributed by atoms with Crippen molar-refractivity contribution in [1.82, 2.24) is 10.6 Å². The number of rotatable bonds is 7. The van der Waals surface area contributed by atoms with E-state index in [1.807, 2.05) is 13.8 Å². The lowest BCUT2D eigenvalue weighted by atomic mass is 10.0. The zero-order valence-electron chi connectivity index (χ0n) is 10.8. The van der Waals surface area contributed by atoms with Crippen molar-refractivity contribution >= 4 is 11.9 Å². The molecule has 1 aliphatic carbocycles. The van der Waals surface area contributed by atoms with E-state index in [4.69, 9.17) is 0 Å². The number of ether oxygens (including phenoxy) is 1. The van der Waals surface area contributed by atoms with Gasteiger partial charge in [-0.3, -0.25) is 4.79 Å². The Hall–Kier alpha value is -1.10. The fourth-order valence-electron chi connectivity index (χ4n) is 1.55. The van der Waals surface area contributed by atoms with Crippen LogP contribution in [0.5, 0.6) is 0 Å². The van der Waals surface area contributed by atoms with Gasteiger partial charge in [-0.05, 0) is 18.8 Å². The normalized spacial score (nSPS) is 16.7. The van der Waals surface area contributed by atoms with Gasteiger partial charge in [-0.15, -0.1) is 0 Å². The second-order valence-corrected chi connectivity index (χ2v) is 4.79. The van der Waals surface area contributed by atoms with Crippen molar-refractivity contribution in [1.29, 1.82) is 0 Å². The van der Waals surface area contributed by atoms with Crippen LogP contribution in [-0.2, 0) is 14.3 Å². The standard InChI is InChI=1S/C12H22N2O3/c1-8(2)11(12(16)17-3)14-10(15)6-7-13-9-4-5-9/h8-9,11,13H,4-7H2,1-3H3,(H,14,15)/t11-/m0/s1. The van der Waals surface area contributed by atoms with Crippen molar-refractivity contribution in [3.8, 4) is 0 Å². The first-order valence-electron chi connectivity index (χ1n) is 6.15. The minimum atomic E-state index is -0.548. The highest BCUT2D eigenvalue weighted by Crippen LogP contribution is 2.18. The minimum Gasteiger partial charge on any atom is -0.467 e. The summed E-state index contributed by atoms with van der Waals surface area (Å²) in [6.07, 6.45) is 2.81. The Labute approximate surface area is 102 Å². The predicted molar refractivity (Wildman–Crippen MR) is 64.4 cm³/mol. The number of amides is 1. The Morgan fingerprint density at radius 1 is 1.35 bits per heavy atom. The van der Waals surface area contributed by atoms with E-state index >= 15 is 0 Å². The molecule has 1 fully saturated rings. The minimum absolute atomic E-state index is 0.0304. The van der Waals surface area contributed by atoms with Crippen molar-refractivity contribution in [2.75, 3.05) is 13.7 Å². The summed E-state index contributed by atoms with van der Waals surface area (Å²) in [6.45, 7) is 4.43. The molecule has 0 aromatic carbocycles. The molecule has 0 aromatic rings. The van der Waals surface area contributed by atoms with Gasteiger partial charge in [0.25, 0.3) is 0 Å². The third kappa shape index (κ3) is 5.17. The van der Waals surface area contributed by atoms with E-state index in [-0.39, 0.29) is 17.8 Å². The number of carbonyl (C=O) groups excluding carboxylic acids is 2. The summed E-state index contributed by atoms with van der Waals surface area (Å²) in [5.74, 6) is -0.464. The van der Waals surface area contributed by atoms with E-state index in [1.54, 1.807) is 0 Å². The molecule has 0 unspecified atom stereocenters. The molecule has 1 saturated carbocycles. The summed E-state index contributed by atoms with van der Waals surface area (Å²) >= 11 is 0. The SMILES string of the molecule is COC(=O)[C@@H](NC(=O)CCNC1CC1)C(C)C. The van der Waals surface area contributed by atoms with Gasteiger partial charge in [-0.2, -0.15) is 0 Å². The van der Waals surface area contributed by atoms with Crippen LogP contribution < -0.4 is 10.6 Å². The number of methoxy groups -OCH3 is 1. The molecule has 1 rings (SSSR count). The number of nitrogens with one attached hydrogen (secondary N) is 2. The topological polar surface area (TPSA) is 67.4 Å². The lowest BCUT2D eigenvalue weighted by Crippen LogP contribution is -2.45. The number of esters is 1. The molecule has 17 heavy (non-hydrogen) atoms. The molecule has 5 heteroatoms. The Morgan fingerprint density at radius 2 is 2.00 bits per heavy atom. The van der Waals surface area contributed by atoms with Crippen LogP contribution in [-0.4, -0.2) is 37.6 Å². The number of carbonyl (C=O) groups is 2. The van der Waals surface area contributed by atoms with Gasteiger partial charge in [-0.1, -0.05) is 13.8 Å². The maximum atomic E-state index is 11.6. The number of hydrogen-bond donors (Lipinski definition) is 2. The predicted octanol–water partition coefficient (Wildman–Crippen LogP) is 0.442. The highest BCUT2D eigenvalue weighted by molar-refractivity contribution is 5.84. The van der Waals surface area contributed by atoms with Crippen molar-refractivity contribution in [3.63, 3.8) is 0 Å². The first-order chi connectivity index (χ1) is 8.04. The van der Waals surface area contributed by atoms with Crippen LogP contribution in [0.15, 0.2) is 0 Å². The monoisotopic (exact) mass is 242 g/mol. The van der Waals surface area contributed by atoms with Gasteiger partial charge in [0.15, 0.2) is 0 Å². The van der Waals surface area contributed by atoms with Gasteiger partial charge in [0.1, 0.15) is 6.04 Å². The largest absolute Gasteiger partial charge is 0.467 e. The fraction of sp³-hybridized carbons (Fsp3) is 0.833. The van der Waals surface area contributed by atoms with Crippen LogP contribution in [0.2, 0.25) is 0 Å². The van der Waals surface area contributed by atoms with E-state index in [2.05, 4.69) is 15.4 Å². The van der Waals surface area contributed by atoms with Gasteiger partial charge in [0.2, 0.25) is 5.91 Å². The van der Waals surface area contributed by atoms with Crippen molar-refractivity contribution in [2.45, 2.75) is 45.2 Å². The van der Waals surface area contributed by atoms with Gasteiger partial charge in [0, 0.05) is 19.0 Å². The maximum absolute atomic E-state index is 11.6. The first kappa shape index (κ1) is 14.0. The summed E-state index contributed by atoms with van der Waals surface area (Å²) in [6, 6.07) is 0.0535. The summed E-state index contributed by atoms with van der Waals surface area (Å²) in [4.78, 5) is 23.0. The molecule has 0 aromatic heterocycles. The lowest BCUT2D eigenvalue weighted by molar-refractivity contribution is -0.146. The summed E-state index contributed by atoms with van der Waals surface area (Å²) < 4.78 is 4.66. The molecule has 1 atom stereocenters. The van der Waals surface area contributed by atoms with E-state index in [9.17, 15) is 9.59 Å². The van der Waals surface area contributed by atoms with E-state index in [0.29, 0.717) is 19.0 Å². The zero-order valence-corrected chi connectivity index (χ0v) is 10.8. The van der Waals surface area contributed by atoms with Crippen LogP contribution in [0.1, 0.15) is 33.1 Å². The maximum Gasteiger partial charge on any atom is 0.328 e. The van der Waals surface area contributed by atoms with Crippen molar-refractivity contribution in [2.24, 2.45) is 5.92 Å². The Kier molecular flexibility index (Phi) is 5.41. The van der Waals surface area contributed by atoms with Crippen LogP contribution in [0.4, 0.5) is 0 Å². The molecule has 0 radical (unpaired) electrons. The van der Waals surface area contributed by atoms with Crippen molar-refractivity contribution < 1.29 is 14.3 Å². The smallest absolute Gasteiger partial charge is 0.328 e. The molecule has 0 bridgehead atoms. The molecule has 5 nitrogen and oxygen atoms in total. The molecule has 98 valence electrons. The third-order valence-corrected chi connectivity index (χ3v) is 2.80. The van der Waals surface area contributed by atoms with E-state index in [0.717, 1.165) is 0 Å². The van der Waals surface area contributed by atoms with E-state index < -0.39 is 6.04 Å². The second kappa shape index (κ2) is 6.59. The van der Waals surface area contributed by atoms with Crippen LogP contribution >= 0.6 is 0 Å². The summed E-state index contributed by atoms with van der Waals surface area (Å²) in [5, 5.41) is 5.96. The van der Waals surface area contributed by atoms with E-state index in [1.165, 1.54) is 20.0 Å². The third-order valence-electron chi connectivity index (χ3n) is 2.80. The van der Waals surface area contributed by atoms with Gasteiger partial charge < -0.3 is 15.4 Å². The lowest BCUT2D eigenvalue weighted by Gasteiger charge is -2.19. The summed E-state index contributed by atoms with van der Waals surface area (Å²) in [7, 11) is 1.33. The quantitative estimate of drug-likeness (QED) is 0.636. The van der Waals surface area contributed by atoms with Gasteiger partial charge in [-0.25, -0.2) is 4.79 Å². The van der Waals surface area contributed by atoms with Crippen LogP contribution in [0, 0.1) is 5.92 Å². The molecule has 1 aliphatic rings. The highest BCUT2D eigenvalue weighted by atomic mass is 16.5. The number of hydrogen-bond acceptors (Lipinski definition) is 4. The molecule has 1 amide bonds. The fourth-order valence-corrected chi connectivity index (χ4v) is 1.55. The molecule has 0 spiro atoms. The van der Waals surface area contributed by atoms with Crippen LogP contribution in [0.25, 0.3) is 0 Å². The zero-order chi connectivity index (χ0) is 12.8. The summed E-state index contributed by atoms with van der Waals surface area (Å²) in [5.41, 5.74) is 0. The molecule has 0 aliphatic heterocycles. The van der Waals surface area contributed by atoms with Crippen LogP contribution in [0.3, 0.4) is 0 Å². The average molecular weight is 242 g/mol. The molecular formula is C12H22N2O3. The second-order valence-electron chi connectivity index (χ2n) is 4.79. The molecular weight excluding hydrogens is 220 g/mol. The Bertz CT molecular complexity index is 275. The first-order valence-corrected chi connectivity index (χ1v) is 6.15.